The van der Waals surface area contributed by atoms with Crippen molar-refractivity contribution >= 4 is 31.5 Å². The molecule has 1 aliphatic rings. The lowest BCUT2D eigenvalue weighted by Crippen LogP contribution is -2.37. The zero-order valence-corrected chi connectivity index (χ0v) is 14.9. The number of rotatable bonds is 3. The van der Waals surface area contributed by atoms with E-state index < -0.39 is 8.07 Å². The number of Topliss-reactive ketones (excluding diaryl/α,β-unsaturated/α-hetero) is 1. The molecular weight excluding hydrogens is 300 g/mol. The summed E-state index contributed by atoms with van der Waals surface area (Å²) >= 11 is 6.20. The minimum atomic E-state index is -1.45. The van der Waals surface area contributed by atoms with E-state index in [1.54, 1.807) is 7.11 Å². The fourth-order valence-corrected chi connectivity index (χ4v) is 5.38. The lowest BCUT2D eigenvalue weighted by molar-refractivity contribution is -0.116. The molecule has 2 rings (SSSR count). The Morgan fingerprint density at radius 3 is 2.62 bits per heavy atom. The van der Waals surface area contributed by atoms with Crippen molar-refractivity contribution in [3.05, 3.63) is 35.4 Å². The molecule has 114 valence electrons. The van der Waals surface area contributed by atoms with Crippen molar-refractivity contribution in [2.45, 2.75) is 43.4 Å². The van der Waals surface area contributed by atoms with Gasteiger partial charge in [-0.3, -0.25) is 4.79 Å². The molecule has 2 nitrogen and oxygen atoms in total. The number of hydrogen-bond donors (Lipinski definition) is 0. The number of alkyl halides is 1. The first-order chi connectivity index (χ1) is 9.82. The SMILES string of the molecule is COc1cccc(C=C2C(=O)C(Cl)CCC2[Si](C)(C)C)c1. The summed E-state index contributed by atoms with van der Waals surface area (Å²) in [5.74, 6) is 0.915. The standard InChI is InChI=1S/C17H23ClO2Si/c1-20-13-7-5-6-12(10-13)11-14-16(21(2,3)4)9-8-15(18)17(14)19/h5-7,10-11,15-16H,8-9H2,1-4H3. The predicted molar refractivity (Wildman–Crippen MR) is 91.9 cm³/mol. The van der Waals surface area contributed by atoms with Crippen LogP contribution in [-0.2, 0) is 4.79 Å². The zero-order valence-electron chi connectivity index (χ0n) is 13.2. The van der Waals surface area contributed by atoms with E-state index in [2.05, 4.69) is 19.6 Å². The van der Waals surface area contributed by atoms with Crippen molar-refractivity contribution < 1.29 is 9.53 Å². The number of hydrogen-bond acceptors (Lipinski definition) is 2. The third-order valence-electron chi connectivity index (χ3n) is 4.11. The minimum absolute atomic E-state index is 0.109. The molecular formula is C17H23ClO2Si. The zero-order chi connectivity index (χ0) is 15.6. The van der Waals surface area contributed by atoms with Crippen molar-refractivity contribution in [3.63, 3.8) is 0 Å². The second-order valence-corrected chi connectivity index (χ2v) is 12.7. The van der Waals surface area contributed by atoms with Crippen molar-refractivity contribution in [3.8, 4) is 5.75 Å². The average molecular weight is 323 g/mol. The summed E-state index contributed by atoms with van der Waals surface area (Å²) in [7, 11) is 0.205. The molecule has 0 spiro atoms. The van der Waals surface area contributed by atoms with E-state index in [1.165, 1.54) is 0 Å². The third-order valence-corrected chi connectivity index (χ3v) is 7.22. The molecule has 0 heterocycles. The van der Waals surface area contributed by atoms with E-state index in [0.29, 0.717) is 5.54 Å². The van der Waals surface area contributed by atoms with Crippen LogP contribution in [0, 0.1) is 0 Å². The Morgan fingerprint density at radius 2 is 2.00 bits per heavy atom. The Kier molecular flexibility index (Phi) is 4.94. The fourth-order valence-electron chi connectivity index (χ4n) is 2.93. The first-order valence-corrected chi connectivity index (χ1v) is 11.4. The van der Waals surface area contributed by atoms with Gasteiger partial charge in [0.05, 0.1) is 20.6 Å². The molecule has 0 radical (unpaired) electrons. The smallest absolute Gasteiger partial charge is 0.176 e. The van der Waals surface area contributed by atoms with Crippen molar-refractivity contribution in [1.82, 2.24) is 0 Å². The number of ketones is 1. The topological polar surface area (TPSA) is 26.3 Å². The van der Waals surface area contributed by atoms with Gasteiger partial charge in [0.2, 0.25) is 0 Å². The molecule has 0 aromatic heterocycles. The number of methoxy groups -OCH3 is 1. The van der Waals surface area contributed by atoms with Gasteiger partial charge in [0.25, 0.3) is 0 Å². The summed E-state index contributed by atoms with van der Waals surface area (Å²) < 4.78 is 5.25. The Hall–Kier alpha value is -1.06. The van der Waals surface area contributed by atoms with Gasteiger partial charge in [-0.15, -0.1) is 11.6 Å². The Labute approximate surface area is 133 Å². The van der Waals surface area contributed by atoms with E-state index in [0.717, 1.165) is 29.7 Å². The van der Waals surface area contributed by atoms with Gasteiger partial charge in [-0.2, -0.15) is 0 Å². The monoisotopic (exact) mass is 322 g/mol. The van der Waals surface area contributed by atoms with Crippen LogP contribution in [0.4, 0.5) is 0 Å². The summed E-state index contributed by atoms with van der Waals surface area (Å²) in [6, 6.07) is 7.81. The quantitative estimate of drug-likeness (QED) is 0.455. The van der Waals surface area contributed by atoms with Crippen LogP contribution in [0.25, 0.3) is 6.08 Å². The van der Waals surface area contributed by atoms with Gasteiger partial charge in [0, 0.05) is 0 Å². The number of ether oxygens (including phenoxy) is 1. The molecule has 1 fully saturated rings. The molecule has 1 aromatic rings. The highest BCUT2D eigenvalue weighted by Gasteiger charge is 2.39. The van der Waals surface area contributed by atoms with Gasteiger partial charge < -0.3 is 4.74 Å². The normalized spacial score (nSPS) is 25.2. The number of carbonyl (C=O) groups is 1. The van der Waals surface area contributed by atoms with Gasteiger partial charge in [-0.1, -0.05) is 31.8 Å². The highest BCUT2D eigenvalue weighted by atomic mass is 35.5. The van der Waals surface area contributed by atoms with Gasteiger partial charge in [0.1, 0.15) is 5.75 Å². The van der Waals surface area contributed by atoms with Gasteiger partial charge in [-0.05, 0) is 47.7 Å². The molecule has 0 bridgehead atoms. The van der Waals surface area contributed by atoms with Crippen LogP contribution in [0.1, 0.15) is 18.4 Å². The molecule has 0 aliphatic heterocycles. The Morgan fingerprint density at radius 1 is 1.29 bits per heavy atom. The van der Waals surface area contributed by atoms with Crippen LogP contribution in [0.15, 0.2) is 29.8 Å². The summed E-state index contributed by atoms with van der Waals surface area (Å²) in [4.78, 5) is 12.5. The number of allylic oxidation sites excluding steroid dienone is 1. The summed E-state index contributed by atoms with van der Waals surface area (Å²) in [6.07, 6.45) is 3.83. The number of carbonyl (C=O) groups excluding carboxylic acids is 1. The highest BCUT2D eigenvalue weighted by Crippen LogP contribution is 2.41. The number of benzene rings is 1. The average Bonchev–Trinajstić information content (AvgIpc) is 2.43. The van der Waals surface area contributed by atoms with E-state index in [4.69, 9.17) is 16.3 Å². The van der Waals surface area contributed by atoms with Crippen LogP contribution >= 0.6 is 11.6 Å². The van der Waals surface area contributed by atoms with Crippen molar-refractivity contribution in [1.29, 1.82) is 0 Å². The molecule has 1 aromatic carbocycles. The van der Waals surface area contributed by atoms with Crippen LogP contribution in [-0.4, -0.2) is 26.3 Å². The highest BCUT2D eigenvalue weighted by molar-refractivity contribution is 6.78. The third kappa shape index (κ3) is 3.77. The molecule has 2 unspecified atom stereocenters. The lowest BCUT2D eigenvalue weighted by atomic mass is 9.91. The first-order valence-electron chi connectivity index (χ1n) is 7.37. The molecule has 0 amide bonds. The summed E-state index contributed by atoms with van der Waals surface area (Å²) in [5, 5.41) is -0.366. The van der Waals surface area contributed by atoms with Crippen LogP contribution in [0.5, 0.6) is 5.75 Å². The fraction of sp³-hybridized carbons (Fsp3) is 0.471. The van der Waals surface area contributed by atoms with Crippen molar-refractivity contribution in [2.24, 2.45) is 0 Å². The largest absolute Gasteiger partial charge is 0.497 e. The molecule has 21 heavy (non-hydrogen) atoms. The summed E-state index contributed by atoms with van der Waals surface area (Å²) in [6.45, 7) is 6.96. The van der Waals surface area contributed by atoms with Gasteiger partial charge in [0.15, 0.2) is 5.78 Å². The van der Waals surface area contributed by atoms with E-state index in [-0.39, 0.29) is 11.2 Å². The molecule has 1 aliphatic carbocycles. The Bertz CT molecular complexity index is 560. The number of halogens is 1. The Balaban J connectivity index is 2.43. The van der Waals surface area contributed by atoms with E-state index in [9.17, 15) is 4.79 Å². The van der Waals surface area contributed by atoms with Crippen molar-refractivity contribution in [2.75, 3.05) is 7.11 Å². The summed E-state index contributed by atoms with van der Waals surface area (Å²) in [5.41, 5.74) is 2.30. The predicted octanol–water partition coefficient (Wildman–Crippen LogP) is 4.76. The second-order valence-electron chi connectivity index (χ2n) is 6.70. The maximum absolute atomic E-state index is 12.5. The maximum Gasteiger partial charge on any atom is 0.176 e. The first kappa shape index (κ1) is 16.3. The molecule has 0 N–H and O–H groups in total. The second kappa shape index (κ2) is 6.37. The lowest BCUT2D eigenvalue weighted by Gasteiger charge is -2.35. The van der Waals surface area contributed by atoms with E-state index >= 15 is 0 Å². The van der Waals surface area contributed by atoms with Gasteiger partial charge >= 0.3 is 0 Å². The molecule has 0 saturated heterocycles. The molecule has 1 saturated carbocycles. The van der Waals surface area contributed by atoms with Crippen LogP contribution < -0.4 is 4.74 Å². The van der Waals surface area contributed by atoms with Crippen LogP contribution in [0.3, 0.4) is 0 Å². The van der Waals surface area contributed by atoms with E-state index in [1.807, 2.05) is 30.3 Å². The molecule has 4 heteroatoms. The minimum Gasteiger partial charge on any atom is -0.497 e. The maximum atomic E-state index is 12.5. The molecule has 2 atom stereocenters. The van der Waals surface area contributed by atoms with Crippen LogP contribution in [0.2, 0.25) is 25.2 Å². The van der Waals surface area contributed by atoms with Gasteiger partial charge in [-0.25, -0.2) is 0 Å².